The lowest BCUT2D eigenvalue weighted by molar-refractivity contribution is 0.0599. The van der Waals surface area contributed by atoms with E-state index in [0.29, 0.717) is 5.56 Å². The second kappa shape index (κ2) is 8.41. The number of benzene rings is 2. The van der Waals surface area contributed by atoms with Gasteiger partial charge in [0.05, 0.1) is 29.4 Å². The monoisotopic (exact) mass is 422 g/mol. The van der Waals surface area contributed by atoms with Crippen LogP contribution < -0.4 is 0 Å². The minimum Gasteiger partial charge on any atom is -0.478 e. The maximum Gasteiger partial charge on any atom is 0.337 e. The zero-order valence-electron chi connectivity index (χ0n) is 15.9. The van der Waals surface area contributed by atoms with Crippen molar-refractivity contribution in [1.29, 1.82) is 0 Å². The fraction of sp³-hybridized carbons (Fsp3) is 0.0476. The fourth-order valence-electron chi connectivity index (χ4n) is 2.78. The number of aromatic carboxylic acids is 3. The van der Waals surface area contributed by atoms with Gasteiger partial charge >= 0.3 is 23.9 Å². The predicted molar refractivity (Wildman–Crippen MR) is 105 cm³/mol. The van der Waals surface area contributed by atoms with Crippen molar-refractivity contribution in [3.63, 3.8) is 0 Å². The van der Waals surface area contributed by atoms with E-state index in [1.807, 2.05) is 0 Å². The van der Waals surface area contributed by atoms with Crippen LogP contribution in [0.25, 0.3) is 22.5 Å². The molecule has 0 aliphatic heterocycles. The summed E-state index contributed by atoms with van der Waals surface area (Å²) < 4.78 is 4.63. The summed E-state index contributed by atoms with van der Waals surface area (Å²) in [5, 5.41) is 27.7. The minimum atomic E-state index is -1.29. The fourth-order valence-corrected chi connectivity index (χ4v) is 2.78. The van der Waals surface area contributed by atoms with Gasteiger partial charge < -0.3 is 20.1 Å². The standard InChI is InChI=1S/C21H14N2O8/c1-31-21(30)15-5-11(4-14(7-15)20(28)29)17-22-8-16(9-23-17)10-2-12(18(24)25)6-13(3-10)19(26)27/h2-9H,1H3,(H,24,25)(H,26,27)(H,28,29). The predicted octanol–water partition coefficient (Wildman–Crippen LogP) is 2.69. The van der Waals surface area contributed by atoms with E-state index in [0.717, 1.165) is 19.2 Å². The highest BCUT2D eigenvalue weighted by atomic mass is 16.5. The Balaban J connectivity index is 2.06. The number of carbonyl (C=O) groups is 4. The van der Waals surface area contributed by atoms with Crippen molar-refractivity contribution >= 4 is 23.9 Å². The third-order valence-electron chi connectivity index (χ3n) is 4.27. The van der Waals surface area contributed by atoms with E-state index in [1.54, 1.807) is 0 Å². The minimum absolute atomic E-state index is 0.00494. The number of carboxylic acid groups (broad SMARTS) is 3. The summed E-state index contributed by atoms with van der Waals surface area (Å²) in [6, 6.07) is 7.44. The van der Waals surface area contributed by atoms with E-state index in [4.69, 9.17) is 0 Å². The molecule has 2 aromatic carbocycles. The van der Waals surface area contributed by atoms with Crippen LogP contribution in [0.2, 0.25) is 0 Å². The molecule has 156 valence electrons. The molecule has 0 amide bonds. The van der Waals surface area contributed by atoms with Gasteiger partial charge in [-0.1, -0.05) is 0 Å². The van der Waals surface area contributed by atoms with Crippen molar-refractivity contribution in [2.75, 3.05) is 7.11 Å². The van der Waals surface area contributed by atoms with Crippen LogP contribution in [0.1, 0.15) is 41.4 Å². The molecular formula is C21H14N2O8. The Bertz CT molecular complexity index is 1190. The van der Waals surface area contributed by atoms with E-state index >= 15 is 0 Å². The number of hydrogen-bond acceptors (Lipinski definition) is 7. The third kappa shape index (κ3) is 4.53. The number of esters is 1. The number of ether oxygens (including phenoxy) is 1. The van der Waals surface area contributed by atoms with Gasteiger partial charge in [0.2, 0.25) is 0 Å². The van der Waals surface area contributed by atoms with Gasteiger partial charge in [0.15, 0.2) is 5.82 Å². The van der Waals surface area contributed by atoms with Crippen LogP contribution in [0.15, 0.2) is 48.8 Å². The molecule has 0 unspecified atom stereocenters. The summed E-state index contributed by atoms with van der Waals surface area (Å²) in [6.07, 6.45) is 2.67. The van der Waals surface area contributed by atoms with Crippen LogP contribution in [-0.4, -0.2) is 56.3 Å². The van der Waals surface area contributed by atoms with Crippen LogP contribution in [0, 0.1) is 0 Å². The Hall–Kier alpha value is -4.60. The molecule has 0 radical (unpaired) electrons. The van der Waals surface area contributed by atoms with E-state index in [1.165, 1.54) is 36.7 Å². The maximum absolute atomic E-state index is 11.8. The molecule has 0 aliphatic carbocycles. The zero-order valence-corrected chi connectivity index (χ0v) is 15.9. The molecule has 1 aromatic heterocycles. The molecule has 0 bridgehead atoms. The van der Waals surface area contributed by atoms with Crippen molar-refractivity contribution in [2.45, 2.75) is 0 Å². The average Bonchev–Trinajstić information content (AvgIpc) is 2.77. The lowest BCUT2D eigenvalue weighted by atomic mass is 10.0. The molecule has 3 N–H and O–H groups in total. The molecule has 3 rings (SSSR count). The molecular weight excluding hydrogens is 408 g/mol. The highest BCUT2D eigenvalue weighted by molar-refractivity contribution is 5.97. The summed E-state index contributed by atoms with van der Waals surface area (Å²) in [7, 11) is 1.16. The van der Waals surface area contributed by atoms with Crippen LogP contribution in [-0.2, 0) is 4.74 Å². The van der Waals surface area contributed by atoms with Crippen LogP contribution in [0.3, 0.4) is 0 Å². The number of aromatic nitrogens is 2. The number of nitrogens with zero attached hydrogens (tertiary/aromatic N) is 2. The summed E-state index contributed by atoms with van der Waals surface area (Å²) in [6.45, 7) is 0. The summed E-state index contributed by atoms with van der Waals surface area (Å²) in [5.74, 6) is -4.46. The number of hydrogen-bond donors (Lipinski definition) is 3. The molecule has 10 nitrogen and oxygen atoms in total. The molecule has 1 heterocycles. The van der Waals surface area contributed by atoms with Gasteiger partial charge in [-0.25, -0.2) is 29.1 Å². The number of rotatable bonds is 6. The van der Waals surface area contributed by atoms with E-state index in [-0.39, 0.29) is 39.2 Å². The van der Waals surface area contributed by atoms with Gasteiger partial charge in [-0.3, -0.25) is 0 Å². The highest BCUT2D eigenvalue weighted by Gasteiger charge is 2.16. The van der Waals surface area contributed by atoms with Gasteiger partial charge in [-0.05, 0) is 42.0 Å². The van der Waals surface area contributed by atoms with Gasteiger partial charge in [0.1, 0.15) is 0 Å². The first kappa shape index (κ1) is 21.1. The molecule has 0 fully saturated rings. The van der Waals surface area contributed by atoms with Crippen LogP contribution >= 0.6 is 0 Å². The summed E-state index contributed by atoms with van der Waals surface area (Å²) in [5.41, 5.74) is 0.288. The van der Waals surface area contributed by atoms with Crippen molar-refractivity contribution < 1.29 is 39.2 Å². The normalized spacial score (nSPS) is 10.4. The topological polar surface area (TPSA) is 164 Å². The maximum atomic E-state index is 11.8. The first-order valence-electron chi connectivity index (χ1n) is 8.60. The van der Waals surface area contributed by atoms with Crippen molar-refractivity contribution in [1.82, 2.24) is 9.97 Å². The van der Waals surface area contributed by atoms with Crippen molar-refractivity contribution in [3.8, 4) is 22.5 Å². The Morgan fingerprint density at radius 2 is 1.06 bits per heavy atom. The van der Waals surface area contributed by atoms with Crippen molar-refractivity contribution in [3.05, 3.63) is 71.0 Å². The Morgan fingerprint density at radius 3 is 1.52 bits per heavy atom. The molecule has 3 aromatic rings. The number of carbonyl (C=O) groups excluding carboxylic acids is 1. The quantitative estimate of drug-likeness (QED) is 0.503. The Labute approximate surface area is 174 Å². The van der Waals surface area contributed by atoms with E-state index in [9.17, 15) is 34.5 Å². The SMILES string of the molecule is COC(=O)c1cc(C(=O)O)cc(-c2ncc(-c3cc(C(=O)O)cc(C(=O)O)c3)cn2)c1. The van der Waals surface area contributed by atoms with Gasteiger partial charge in [-0.2, -0.15) is 0 Å². The second-order valence-corrected chi connectivity index (χ2v) is 6.30. The summed E-state index contributed by atoms with van der Waals surface area (Å²) >= 11 is 0. The molecule has 0 atom stereocenters. The highest BCUT2D eigenvalue weighted by Crippen LogP contribution is 2.25. The lowest BCUT2D eigenvalue weighted by Crippen LogP contribution is -2.06. The first-order valence-corrected chi connectivity index (χ1v) is 8.60. The molecule has 0 saturated carbocycles. The van der Waals surface area contributed by atoms with E-state index in [2.05, 4.69) is 14.7 Å². The molecule has 10 heteroatoms. The third-order valence-corrected chi connectivity index (χ3v) is 4.27. The van der Waals surface area contributed by atoms with Crippen LogP contribution in [0.4, 0.5) is 0 Å². The smallest absolute Gasteiger partial charge is 0.337 e. The molecule has 0 saturated heterocycles. The molecule has 31 heavy (non-hydrogen) atoms. The molecule has 0 spiro atoms. The molecule has 0 aliphatic rings. The van der Waals surface area contributed by atoms with E-state index < -0.39 is 23.9 Å². The Morgan fingerprint density at radius 1 is 0.645 bits per heavy atom. The lowest BCUT2D eigenvalue weighted by Gasteiger charge is -2.08. The van der Waals surface area contributed by atoms with Gasteiger partial charge in [0.25, 0.3) is 0 Å². The van der Waals surface area contributed by atoms with Crippen molar-refractivity contribution in [2.24, 2.45) is 0 Å². The average molecular weight is 422 g/mol. The second-order valence-electron chi connectivity index (χ2n) is 6.30. The van der Waals surface area contributed by atoms with Gasteiger partial charge in [0, 0.05) is 23.5 Å². The number of carboxylic acids is 3. The summed E-state index contributed by atoms with van der Waals surface area (Å²) in [4.78, 5) is 54.1. The van der Waals surface area contributed by atoms with Crippen LogP contribution in [0.5, 0.6) is 0 Å². The largest absolute Gasteiger partial charge is 0.478 e. The first-order chi connectivity index (χ1) is 14.7. The van der Waals surface area contributed by atoms with Gasteiger partial charge in [-0.15, -0.1) is 0 Å². The number of methoxy groups -OCH3 is 1. The Kier molecular flexibility index (Phi) is 5.73. The zero-order chi connectivity index (χ0) is 22.7.